The van der Waals surface area contributed by atoms with Crippen LogP contribution in [0.15, 0.2) is 0 Å². The lowest BCUT2D eigenvalue weighted by molar-refractivity contribution is 0.124. The average molecular weight is 239 g/mol. The van der Waals surface area contributed by atoms with Gasteiger partial charge in [0.25, 0.3) is 0 Å². The van der Waals surface area contributed by atoms with Crippen LogP contribution in [0.3, 0.4) is 0 Å². The van der Waals surface area contributed by atoms with Gasteiger partial charge in [0.15, 0.2) is 0 Å². The molecule has 2 aliphatic carbocycles. The zero-order valence-electron chi connectivity index (χ0n) is 8.37. The molecule has 0 aromatic carbocycles. The molecule has 4 aliphatic rings. The second kappa shape index (κ2) is 4.17. The molecule has 4 rings (SSSR count). The van der Waals surface area contributed by atoms with Gasteiger partial charge in [0.05, 0.1) is 0 Å². The maximum absolute atomic E-state index is 6.38. The molecule has 2 saturated heterocycles. The third-order valence-corrected chi connectivity index (χ3v) is 4.02. The fraction of sp³-hybridized carbons (Fsp3) is 1.00. The van der Waals surface area contributed by atoms with E-state index < -0.39 is 0 Å². The standard InChI is InChI=1S/C10H18N2.2ClH/c11-10-3-7-1-8(4-10)6-12-9(2-7)5-10;;/h7-9,12H,1-6,11H2;2*1H. The largest absolute Gasteiger partial charge is 0.325 e. The van der Waals surface area contributed by atoms with Crippen molar-refractivity contribution in [1.29, 1.82) is 0 Å². The highest BCUT2D eigenvalue weighted by Gasteiger charge is 2.46. The van der Waals surface area contributed by atoms with Crippen LogP contribution in [0.25, 0.3) is 0 Å². The Hall–Kier alpha value is 0.500. The molecule has 2 nitrogen and oxygen atoms in total. The Balaban J connectivity index is 0.000000490. The summed E-state index contributed by atoms with van der Waals surface area (Å²) >= 11 is 0. The van der Waals surface area contributed by atoms with Crippen LogP contribution >= 0.6 is 24.8 Å². The Bertz CT molecular complexity index is 194. The molecule has 0 radical (unpaired) electrons. The number of fused-ring (bicyclic) bond motifs is 1. The fourth-order valence-electron chi connectivity index (χ4n) is 3.84. The minimum Gasteiger partial charge on any atom is -0.325 e. The lowest BCUT2D eigenvalue weighted by Gasteiger charge is -2.45. The molecule has 2 heterocycles. The van der Waals surface area contributed by atoms with Gasteiger partial charge < -0.3 is 11.1 Å². The van der Waals surface area contributed by atoms with Crippen molar-refractivity contribution in [3.63, 3.8) is 0 Å². The molecule has 0 amide bonds. The van der Waals surface area contributed by atoms with E-state index in [0.29, 0.717) is 0 Å². The summed E-state index contributed by atoms with van der Waals surface area (Å²) in [7, 11) is 0. The minimum atomic E-state index is 0. The number of hydrogen-bond acceptors (Lipinski definition) is 2. The Morgan fingerprint density at radius 2 is 1.71 bits per heavy atom. The fourth-order valence-corrected chi connectivity index (χ4v) is 3.84. The van der Waals surface area contributed by atoms with E-state index in [1.54, 1.807) is 0 Å². The average Bonchev–Trinajstić information content (AvgIpc) is 2.14. The van der Waals surface area contributed by atoms with Gasteiger partial charge in [-0.25, -0.2) is 0 Å². The summed E-state index contributed by atoms with van der Waals surface area (Å²) in [6.07, 6.45) is 6.67. The van der Waals surface area contributed by atoms with Crippen LogP contribution in [0, 0.1) is 11.8 Å². The minimum absolute atomic E-state index is 0. The highest BCUT2D eigenvalue weighted by molar-refractivity contribution is 5.85. The van der Waals surface area contributed by atoms with Gasteiger partial charge in [0, 0.05) is 11.6 Å². The molecule has 4 atom stereocenters. The van der Waals surface area contributed by atoms with Crippen LogP contribution in [-0.2, 0) is 0 Å². The second-order valence-corrected chi connectivity index (χ2v) is 5.28. The Morgan fingerprint density at radius 1 is 1.00 bits per heavy atom. The quantitative estimate of drug-likeness (QED) is 0.675. The van der Waals surface area contributed by atoms with Crippen molar-refractivity contribution in [2.24, 2.45) is 17.6 Å². The number of hydrogen-bond donors (Lipinski definition) is 2. The van der Waals surface area contributed by atoms with Gasteiger partial charge in [0.1, 0.15) is 0 Å². The summed E-state index contributed by atoms with van der Waals surface area (Å²) in [6, 6.07) is 0.751. The first-order chi connectivity index (χ1) is 5.73. The topological polar surface area (TPSA) is 38.0 Å². The lowest BCUT2D eigenvalue weighted by atomic mass is 9.64. The summed E-state index contributed by atoms with van der Waals surface area (Å²) in [5.74, 6) is 1.84. The number of nitrogens with one attached hydrogen (secondary N) is 1. The number of halogens is 2. The van der Waals surface area contributed by atoms with Crippen molar-refractivity contribution in [1.82, 2.24) is 5.32 Å². The van der Waals surface area contributed by atoms with Gasteiger partial charge in [-0.1, -0.05) is 0 Å². The van der Waals surface area contributed by atoms with E-state index in [2.05, 4.69) is 5.32 Å². The predicted octanol–water partition coefficient (Wildman–Crippen LogP) is 1.71. The molecular formula is C10H20Cl2N2. The number of rotatable bonds is 0. The van der Waals surface area contributed by atoms with Crippen LogP contribution < -0.4 is 11.1 Å². The Kier molecular flexibility index (Phi) is 3.74. The molecule has 84 valence electrons. The smallest absolute Gasteiger partial charge is 0.0175 e. The zero-order valence-corrected chi connectivity index (χ0v) is 10.0. The zero-order chi connectivity index (χ0) is 8.18. The summed E-state index contributed by atoms with van der Waals surface area (Å²) in [5.41, 5.74) is 6.60. The van der Waals surface area contributed by atoms with Crippen molar-refractivity contribution >= 4 is 24.8 Å². The van der Waals surface area contributed by atoms with Crippen LogP contribution in [-0.4, -0.2) is 18.1 Å². The molecule has 14 heavy (non-hydrogen) atoms. The molecule has 2 saturated carbocycles. The van der Waals surface area contributed by atoms with Crippen LogP contribution in [0.1, 0.15) is 32.1 Å². The van der Waals surface area contributed by atoms with Gasteiger partial charge in [-0.2, -0.15) is 0 Å². The highest BCUT2D eigenvalue weighted by atomic mass is 35.5. The Morgan fingerprint density at radius 3 is 2.43 bits per heavy atom. The summed E-state index contributed by atoms with van der Waals surface area (Å²) < 4.78 is 0. The van der Waals surface area contributed by atoms with Gasteiger partial charge >= 0.3 is 0 Å². The molecule has 0 aromatic rings. The third-order valence-electron chi connectivity index (χ3n) is 4.02. The first kappa shape index (κ1) is 12.6. The first-order valence-electron chi connectivity index (χ1n) is 5.26. The van der Waals surface area contributed by atoms with Crippen molar-refractivity contribution < 1.29 is 0 Å². The molecule has 4 heteroatoms. The maximum atomic E-state index is 6.38. The monoisotopic (exact) mass is 238 g/mol. The molecule has 4 fully saturated rings. The maximum Gasteiger partial charge on any atom is 0.0175 e. The van der Waals surface area contributed by atoms with E-state index in [1.807, 2.05) is 0 Å². The van der Waals surface area contributed by atoms with Crippen molar-refractivity contribution in [3.05, 3.63) is 0 Å². The van der Waals surface area contributed by atoms with Gasteiger partial charge in [0.2, 0.25) is 0 Å². The van der Waals surface area contributed by atoms with Gasteiger partial charge in [-0.15, -0.1) is 24.8 Å². The highest BCUT2D eigenvalue weighted by Crippen LogP contribution is 2.45. The van der Waals surface area contributed by atoms with E-state index in [1.165, 1.54) is 38.6 Å². The van der Waals surface area contributed by atoms with Crippen LogP contribution in [0.4, 0.5) is 0 Å². The lowest BCUT2D eigenvalue weighted by Crippen LogP contribution is -2.52. The van der Waals surface area contributed by atoms with Gasteiger partial charge in [-0.3, -0.25) is 0 Å². The van der Waals surface area contributed by atoms with Gasteiger partial charge in [-0.05, 0) is 50.5 Å². The molecule has 0 spiro atoms. The van der Waals surface area contributed by atoms with E-state index in [-0.39, 0.29) is 30.4 Å². The molecular weight excluding hydrogens is 219 g/mol. The molecule has 0 aromatic heterocycles. The summed E-state index contributed by atoms with van der Waals surface area (Å²) in [6.45, 7) is 1.24. The second-order valence-electron chi connectivity index (χ2n) is 5.28. The predicted molar refractivity (Wildman–Crippen MR) is 63.3 cm³/mol. The van der Waals surface area contributed by atoms with Crippen LogP contribution in [0.5, 0.6) is 0 Å². The molecule has 4 bridgehead atoms. The third kappa shape index (κ3) is 2.04. The van der Waals surface area contributed by atoms with E-state index in [0.717, 1.165) is 17.9 Å². The van der Waals surface area contributed by atoms with Crippen molar-refractivity contribution in [2.75, 3.05) is 6.54 Å². The van der Waals surface area contributed by atoms with Crippen molar-refractivity contribution in [3.8, 4) is 0 Å². The molecule has 3 N–H and O–H groups in total. The summed E-state index contributed by atoms with van der Waals surface area (Å²) in [4.78, 5) is 0. The summed E-state index contributed by atoms with van der Waals surface area (Å²) in [5, 5.41) is 3.65. The van der Waals surface area contributed by atoms with Crippen molar-refractivity contribution in [2.45, 2.75) is 43.7 Å². The first-order valence-corrected chi connectivity index (χ1v) is 5.26. The SMILES string of the molecule is Cl.Cl.NC12CC3CNC(CC(C3)C1)C2. The Labute approximate surface area is 98.2 Å². The molecule has 2 aliphatic heterocycles. The van der Waals surface area contributed by atoms with E-state index in [4.69, 9.17) is 5.73 Å². The van der Waals surface area contributed by atoms with E-state index in [9.17, 15) is 0 Å². The molecule has 4 unspecified atom stereocenters. The van der Waals surface area contributed by atoms with E-state index >= 15 is 0 Å². The number of nitrogens with two attached hydrogens (primary N) is 1. The van der Waals surface area contributed by atoms with Crippen LogP contribution in [0.2, 0.25) is 0 Å². The normalized spacial score (nSPS) is 49.1.